The summed E-state index contributed by atoms with van der Waals surface area (Å²) in [6, 6.07) is 19.4. The summed E-state index contributed by atoms with van der Waals surface area (Å²) in [4.78, 5) is 28.6. The maximum absolute atomic E-state index is 13.7. The second-order valence-electron chi connectivity index (χ2n) is 6.84. The molecule has 0 saturated heterocycles. The lowest BCUT2D eigenvalue weighted by Crippen LogP contribution is -2.61. The first kappa shape index (κ1) is 17.6. The number of para-hydroxylation sites is 3. The molecule has 0 fully saturated rings. The van der Waals surface area contributed by atoms with Crippen molar-refractivity contribution < 1.29 is 14.3 Å². The number of methoxy groups -OCH3 is 1. The largest absolute Gasteiger partial charge is 0.495 e. The van der Waals surface area contributed by atoms with Crippen molar-refractivity contribution in [3.63, 3.8) is 0 Å². The molecule has 6 nitrogen and oxygen atoms in total. The van der Waals surface area contributed by atoms with E-state index in [1.165, 1.54) is 12.0 Å². The van der Waals surface area contributed by atoms with E-state index >= 15 is 0 Å². The third-order valence-corrected chi connectivity index (χ3v) is 5.52. The second kappa shape index (κ2) is 6.25. The molecule has 2 amide bonds. The smallest absolute Gasteiger partial charge is 0.276 e. The number of nitrogens with zero attached hydrogens (tertiary/aromatic N) is 1. The number of benzene rings is 3. The lowest BCUT2D eigenvalue weighted by Gasteiger charge is -2.44. The molecule has 0 radical (unpaired) electrons. The average molecular weight is 406 g/mol. The van der Waals surface area contributed by atoms with E-state index in [1.807, 2.05) is 12.1 Å². The third-order valence-electron chi connectivity index (χ3n) is 5.29. The number of hydrogen-bond acceptors (Lipinski definition) is 4. The van der Waals surface area contributed by atoms with Crippen LogP contribution in [0.15, 0.2) is 66.7 Å². The molecule has 2 heterocycles. The molecule has 3 aromatic carbocycles. The lowest BCUT2D eigenvalue weighted by molar-refractivity contribution is -0.119. The molecule has 2 N–H and O–H groups in total. The Kier molecular flexibility index (Phi) is 3.79. The molecule has 2 aliphatic heterocycles. The molecule has 0 saturated carbocycles. The first-order valence-corrected chi connectivity index (χ1v) is 9.40. The summed E-state index contributed by atoms with van der Waals surface area (Å²) in [5.41, 5.74) is 1.19. The molecule has 29 heavy (non-hydrogen) atoms. The molecule has 1 atom stereocenters. The second-order valence-corrected chi connectivity index (χ2v) is 7.27. The summed E-state index contributed by atoms with van der Waals surface area (Å²) >= 11 is 6.27. The Hall–Kier alpha value is -3.51. The van der Waals surface area contributed by atoms with Crippen LogP contribution in [0.3, 0.4) is 0 Å². The van der Waals surface area contributed by atoms with Gasteiger partial charge in [-0.05, 0) is 42.5 Å². The molecule has 5 rings (SSSR count). The number of carbonyl (C=O) groups is 2. The van der Waals surface area contributed by atoms with E-state index in [2.05, 4.69) is 10.6 Å². The SMILES string of the molecule is COc1ccccc1N1C(=O)c2ccccc2NC12C(=O)Nc1ccc(Cl)cc12. The molecule has 0 aliphatic carbocycles. The van der Waals surface area contributed by atoms with Gasteiger partial charge in [0.2, 0.25) is 5.66 Å². The first-order valence-electron chi connectivity index (χ1n) is 9.02. The van der Waals surface area contributed by atoms with Crippen LogP contribution in [-0.2, 0) is 10.5 Å². The van der Waals surface area contributed by atoms with E-state index in [1.54, 1.807) is 54.6 Å². The number of rotatable bonds is 2. The van der Waals surface area contributed by atoms with Crippen molar-refractivity contribution in [2.24, 2.45) is 0 Å². The van der Waals surface area contributed by atoms with Crippen LogP contribution in [0.25, 0.3) is 0 Å². The van der Waals surface area contributed by atoms with Gasteiger partial charge in [0.15, 0.2) is 0 Å². The summed E-state index contributed by atoms with van der Waals surface area (Å²) in [7, 11) is 1.53. The fourth-order valence-electron chi connectivity index (χ4n) is 4.01. The molecular weight excluding hydrogens is 390 g/mol. The number of ether oxygens (including phenoxy) is 1. The zero-order chi connectivity index (χ0) is 20.2. The molecular formula is C22H16ClN3O3. The Labute approximate surface area is 172 Å². The van der Waals surface area contributed by atoms with Crippen LogP contribution in [0.1, 0.15) is 15.9 Å². The predicted molar refractivity (Wildman–Crippen MR) is 112 cm³/mol. The highest BCUT2D eigenvalue weighted by molar-refractivity contribution is 6.31. The van der Waals surface area contributed by atoms with Crippen molar-refractivity contribution in [2.75, 3.05) is 22.6 Å². The van der Waals surface area contributed by atoms with Crippen molar-refractivity contribution >= 4 is 40.5 Å². The number of amides is 2. The van der Waals surface area contributed by atoms with Gasteiger partial charge in [0.05, 0.1) is 18.4 Å². The van der Waals surface area contributed by atoms with Crippen molar-refractivity contribution in [3.8, 4) is 5.75 Å². The molecule has 144 valence electrons. The van der Waals surface area contributed by atoms with Gasteiger partial charge in [0.25, 0.3) is 11.8 Å². The quantitative estimate of drug-likeness (QED) is 0.669. The van der Waals surface area contributed by atoms with Crippen molar-refractivity contribution in [2.45, 2.75) is 5.66 Å². The highest BCUT2D eigenvalue weighted by Gasteiger charge is 2.57. The van der Waals surface area contributed by atoms with Gasteiger partial charge in [-0.15, -0.1) is 0 Å². The van der Waals surface area contributed by atoms with Crippen LogP contribution in [0.5, 0.6) is 5.75 Å². The van der Waals surface area contributed by atoms with Crippen LogP contribution in [0, 0.1) is 0 Å². The molecule has 3 aromatic rings. The molecule has 0 bridgehead atoms. The van der Waals surface area contributed by atoms with Crippen molar-refractivity contribution in [1.29, 1.82) is 0 Å². The minimum atomic E-state index is -1.50. The van der Waals surface area contributed by atoms with E-state index in [4.69, 9.17) is 16.3 Å². The van der Waals surface area contributed by atoms with Gasteiger partial charge in [-0.25, -0.2) is 0 Å². The van der Waals surface area contributed by atoms with Crippen molar-refractivity contribution in [1.82, 2.24) is 0 Å². The summed E-state index contributed by atoms with van der Waals surface area (Å²) in [5, 5.41) is 6.66. The maximum Gasteiger partial charge on any atom is 0.276 e. The normalized spacial score (nSPS) is 19.4. The number of halogens is 1. The van der Waals surface area contributed by atoms with Gasteiger partial charge in [-0.1, -0.05) is 35.9 Å². The zero-order valence-electron chi connectivity index (χ0n) is 15.4. The minimum Gasteiger partial charge on any atom is -0.495 e. The lowest BCUT2D eigenvalue weighted by atomic mass is 9.92. The van der Waals surface area contributed by atoms with Gasteiger partial charge in [-0.3, -0.25) is 14.5 Å². The van der Waals surface area contributed by atoms with Crippen LogP contribution in [0.2, 0.25) is 5.02 Å². The topological polar surface area (TPSA) is 70.7 Å². The Morgan fingerprint density at radius 2 is 1.72 bits per heavy atom. The highest BCUT2D eigenvalue weighted by atomic mass is 35.5. The van der Waals surface area contributed by atoms with Gasteiger partial charge in [-0.2, -0.15) is 0 Å². The standard InChI is InChI=1S/C22H16ClN3O3/c1-29-19-9-5-4-8-18(19)26-20(27)14-6-2-3-7-16(14)25-22(26)15-12-13(23)10-11-17(15)24-21(22)28/h2-12,25H,1H3,(H,24,28). The molecule has 1 unspecified atom stereocenters. The van der Waals surface area contributed by atoms with Crippen LogP contribution < -0.4 is 20.3 Å². The van der Waals surface area contributed by atoms with Gasteiger partial charge >= 0.3 is 0 Å². The number of anilines is 3. The van der Waals surface area contributed by atoms with Crippen LogP contribution in [-0.4, -0.2) is 18.9 Å². The maximum atomic E-state index is 13.7. The van der Waals surface area contributed by atoms with Gasteiger partial charge < -0.3 is 15.4 Å². The Morgan fingerprint density at radius 1 is 0.966 bits per heavy atom. The van der Waals surface area contributed by atoms with Gasteiger partial charge in [0.1, 0.15) is 5.75 Å². The van der Waals surface area contributed by atoms with Crippen LogP contribution >= 0.6 is 11.6 Å². The van der Waals surface area contributed by atoms with Crippen molar-refractivity contribution in [3.05, 3.63) is 82.9 Å². The molecule has 1 spiro atoms. The molecule has 0 aromatic heterocycles. The van der Waals surface area contributed by atoms with Crippen LogP contribution in [0.4, 0.5) is 17.1 Å². The third kappa shape index (κ3) is 2.36. The number of hydrogen-bond donors (Lipinski definition) is 2. The first-order chi connectivity index (χ1) is 14.1. The summed E-state index contributed by atoms with van der Waals surface area (Å²) in [5.74, 6) is -0.208. The van der Waals surface area contributed by atoms with Gasteiger partial charge in [0, 0.05) is 22.0 Å². The summed E-state index contributed by atoms with van der Waals surface area (Å²) in [6.07, 6.45) is 0. The average Bonchev–Trinajstić information content (AvgIpc) is 3.00. The van der Waals surface area contributed by atoms with E-state index in [9.17, 15) is 9.59 Å². The zero-order valence-corrected chi connectivity index (χ0v) is 16.2. The number of carbonyl (C=O) groups excluding carboxylic acids is 2. The Morgan fingerprint density at radius 3 is 2.55 bits per heavy atom. The monoisotopic (exact) mass is 405 g/mol. The number of nitrogens with one attached hydrogen (secondary N) is 2. The van der Waals surface area contributed by atoms with E-state index in [0.717, 1.165) is 0 Å². The number of fused-ring (bicyclic) bond motifs is 3. The Bertz CT molecular complexity index is 1180. The summed E-state index contributed by atoms with van der Waals surface area (Å²) < 4.78 is 5.51. The minimum absolute atomic E-state index is 0.313. The Balaban J connectivity index is 1.85. The van der Waals surface area contributed by atoms with E-state index in [0.29, 0.717) is 39.0 Å². The van der Waals surface area contributed by atoms with E-state index < -0.39 is 5.66 Å². The summed E-state index contributed by atoms with van der Waals surface area (Å²) in [6.45, 7) is 0. The fourth-order valence-corrected chi connectivity index (χ4v) is 4.18. The molecule has 7 heteroatoms. The predicted octanol–water partition coefficient (Wildman–Crippen LogP) is 4.23. The van der Waals surface area contributed by atoms with E-state index in [-0.39, 0.29) is 11.8 Å². The molecule has 2 aliphatic rings. The fraction of sp³-hybridized carbons (Fsp3) is 0.0909. The highest BCUT2D eigenvalue weighted by Crippen LogP contribution is 2.49.